The second kappa shape index (κ2) is 6.66. The van der Waals surface area contributed by atoms with Gasteiger partial charge in [0.25, 0.3) is 0 Å². The van der Waals surface area contributed by atoms with Crippen molar-refractivity contribution in [1.29, 1.82) is 0 Å². The topological polar surface area (TPSA) is 65.3 Å². The number of benzene rings is 2. The van der Waals surface area contributed by atoms with E-state index >= 15 is 0 Å². The average molecular weight is 395 g/mol. The molecule has 0 fully saturated rings. The van der Waals surface area contributed by atoms with Gasteiger partial charge < -0.3 is 10.0 Å². The molecule has 0 aliphatic rings. The zero-order valence-electron chi connectivity index (χ0n) is 11.6. The molecule has 0 aliphatic carbocycles. The summed E-state index contributed by atoms with van der Waals surface area (Å²) >= 11 is 2.24. The van der Waals surface area contributed by atoms with Crippen LogP contribution in [-0.4, -0.2) is 25.2 Å². The number of nitrogens with zero attached hydrogens (tertiary/aromatic N) is 3. The Balaban J connectivity index is 2.30. The zero-order chi connectivity index (χ0) is 15.4. The number of hydrogen-bond acceptors (Lipinski definition) is 4. The molecule has 108 valence electrons. The fourth-order valence-corrected chi connectivity index (χ4v) is 2.76. The van der Waals surface area contributed by atoms with Gasteiger partial charge in [0.2, 0.25) is 0 Å². The highest BCUT2D eigenvalue weighted by Gasteiger charge is 2.08. The number of azo groups is 1. The van der Waals surface area contributed by atoms with Gasteiger partial charge in [-0.3, -0.25) is 0 Å². The maximum absolute atomic E-state index is 11.1. The van der Waals surface area contributed by atoms with Crippen LogP contribution >= 0.6 is 22.6 Å². The number of aromatic carboxylic acids is 1. The second-order valence-electron chi connectivity index (χ2n) is 4.55. The summed E-state index contributed by atoms with van der Waals surface area (Å²) in [5.74, 6) is -1.01. The number of hydrogen-bond donors (Lipinski definition) is 1. The number of carboxylic acid groups (broad SMARTS) is 1. The van der Waals surface area contributed by atoms with E-state index in [-0.39, 0.29) is 5.56 Å². The lowest BCUT2D eigenvalue weighted by molar-refractivity contribution is 0.0698. The van der Waals surface area contributed by atoms with E-state index in [2.05, 4.69) is 32.8 Å². The van der Waals surface area contributed by atoms with Gasteiger partial charge in [-0.25, -0.2) is 4.79 Å². The van der Waals surface area contributed by atoms with Crippen molar-refractivity contribution in [2.75, 3.05) is 19.0 Å². The van der Waals surface area contributed by atoms with E-state index in [9.17, 15) is 4.79 Å². The van der Waals surface area contributed by atoms with Crippen LogP contribution < -0.4 is 4.90 Å². The molecule has 0 spiro atoms. The molecule has 0 heterocycles. The minimum Gasteiger partial charge on any atom is -0.478 e. The van der Waals surface area contributed by atoms with Gasteiger partial charge in [-0.15, -0.1) is 5.11 Å². The lowest BCUT2D eigenvalue weighted by Gasteiger charge is -2.14. The van der Waals surface area contributed by atoms with E-state index in [1.807, 2.05) is 37.2 Å². The first-order chi connectivity index (χ1) is 9.99. The van der Waals surface area contributed by atoms with E-state index in [1.54, 1.807) is 18.2 Å². The van der Waals surface area contributed by atoms with Crippen LogP contribution in [0.3, 0.4) is 0 Å². The van der Waals surface area contributed by atoms with E-state index in [0.717, 1.165) is 9.26 Å². The molecule has 2 aromatic carbocycles. The molecule has 1 N–H and O–H groups in total. The number of carbonyl (C=O) groups is 1. The van der Waals surface area contributed by atoms with Gasteiger partial charge in [0.1, 0.15) is 5.69 Å². The van der Waals surface area contributed by atoms with Crippen LogP contribution in [0.25, 0.3) is 0 Å². The van der Waals surface area contributed by atoms with Gasteiger partial charge >= 0.3 is 5.97 Å². The van der Waals surface area contributed by atoms with E-state index < -0.39 is 5.97 Å². The Morgan fingerprint density at radius 1 is 1.14 bits per heavy atom. The van der Waals surface area contributed by atoms with Gasteiger partial charge in [-0.05, 0) is 52.9 Å². The third-order valence-electron chi connectivity index (χ3n) is 2.82. The Morgan fingerprint density at radius 2 is 1.86 bits per heavy atom. The van der Waals surface area contributed by atoms with Crippen LogP contribution in [0.15, 0.2) is 52.7 Å². The molecule has 0 atom stereocenters. The van der Waals surface area contributed by atoms with Crippen LogP contribution in [0.1, 0.15) is 10.4 Å². The Morgan fingerprint density at radius 3 is 2.48 bits per heavy atom. The molecular weight excluding hydrogens is 381 g/mol. The summed E-state index contributed by atoms with van der Waals surface area (Å²) in [6.07, 6.45) is 0. The van der Waals surface area contributed by atoms with Gasteiger partial charge in [0.15, 0.2) is 0 Å². The van der Waals surface area contributed by atoms with Crippen LogP contribution in [0.2, 0.25) is 0 Å². The van der Waals surface area contributed by atoms with Gasteiger partial charge in [0.05, 0.1) is 11.3 Å². The fourth-order valence-electron chi connectivity index (χ4n) is 1.77. The fraction of sp³-hybridized carbons (Fsp3) is 0.133. The van der Waals surface area contributed by atoms with Crippen molar-refractivity contribution in [2.24, 2.45) is 10.2 Å². The summed E-state index contributed by atoms with van der Waals surface area (Å²) in [5.41, 5.74) is 2.27. The van der Waals surface area contributed by atoms with Crippen molar-refractivity contribution < 1.29 is 9.90 Å². The first kappa shape index (κ1) is 15.4. The average Bonchev–Trinajstić information content (AvgIpc) is 2.45. The van der Waals surface area contributed by atoms with E-state index in [1.165, 1.54) is 6.07 Å². The first-order valence-electron chi connectivity index (χ1n) is 6.20. The maximum Gasteiger partial charge on any atom is 0.337 e. The molecule has 2 aromatic rings. The standard InChI is InChI=1S/C15H14IN3O2/c1-19(2)14-8-7-10(9-12(14)16)17-18-13-6-4-3-5-11(13)15(20)21/h3-9H,1-2H3,(H,20,21). The first-order valence-corrected chi connectivity index (χ1v) is 7.28. The van der Waals surface area contributed by atoms with Crippen molar-refractivity contribution in [1.82, 2.24) is 0 Å². The number of halogens is 1. The van der Waals surface area contributed by atoms with Gasteiger partial charge in [0, 0.05) is 23.4 Å². The predicted molar refractivity (Wildman–Crippen MR) is 91.1 cm³/mol. The molecule has 0 saturated heterocycles. The lowest BCUT2D eigenvalue weighted by atomic mass is 10.2. The minimum absolute atomic E-state index is 0.140. The van der Waals surface area contributed by atoms with Crippen molar-refractivity contribution in [3.63, 3.8) is 0 Å². The molecule has 0 amide bonds. The molecule has 6 heteroatoms. The number of rotatable bonds is 4. The highest BCUT2D eigenvalue weighted by Crippen LogP contribution is 2.27. The molecule has 0 aromatic heterocycles. The van der Waals surface area contributed by atoms with Crippen LogP contribution in [-0.2, 0) is 0 Å². The molecule has 0 unspecified atom stereocenters. The van der Waals surface area contributed by atoms with E-state index in [4.69, 9.17) is 5.11 Å². The summed E-state index contributed by atoms with van der Waals surface area (Å²) in [7, 11) is 3.95. The summed E-state index contributed by atoms with van der Waals surface area (Å²) in [4.78, 5) is 13.1. The Kier molecular flexibility index (Phi) is 4.89. The predicted octanol–water partition coefficient (Wildman–Crippen LogP) is 4.47. The number of anilines is 1. The molecule has 0 bridgehead atoms. The normalized spacial score (nSPS) is 10.8. The lowest BCUT2D eigenvalue weighted by Crippen LogP contribution is -2.09. The largest absolute Gasteiger partial charge is 0.478 e. The highest BCUT2D eigenvalue weighted by molar-refractivity contribution is 14.1. The van der Waals surface area contributed by atoms with Crippen LogP contribution in [0.5, 0.6) is 0 Å². The minimum atomic E-state index is -1.01. The van der Waals surface area contributed by atoms with Crippen molar-refractivity contribution in [3.8, 4) is 0 Å². The van der Waals surface area contributed by atoms with Crippen LogP contribution in [0.4, 0.5) is 17.1 Å². The molecule has 5 nitrogen and oxygen atoms in total. The molecule has 2 rings (SSSR count). The SMILES string of the molecule is CN(C)c1ccc(N=Nc2ccccc2C(=O)O)cc1I. The van der Waals surface area contributed by atoms with Gasteiger partial charge in [-0.2, -0.15) is 5.11 Å². The zero-order valence-corrected chi connectivity index (χ0v) is 13.8. The summed E-state index contributed by atoms with van der Waals surface area (Å²) in [6.45, 7) is 0. The third-order valence-corrected chi connectivity index (χ3v) is 3.68. The Labute approximate surface area is 136 Å². The highest BCUT2D eigenvalue weighted by atomic mass is 127. The molecular formula is C15H14IN3O2. The van der Waals surface area contributed by atoms with E-state index in [0.29, 0.717) is 11.4 Å². The summed E-state index contributed by atoms with van der Waals surface area (Å²) < 4.78 is 1.06. The Bertz CT molecular complexity index is 699. The quantitative estimate of drug-likeness (QED) is 0.614. The Hall–Kier alpha value is -1.96. The third kappa shape index (κ3) is 3.78. The smallest absolute Gasteiger partial charge is 0.337 e. The van der Waals surface area contributed by atoms with Crippen molar-refractivity contribution in [3.05, 3.63) is 51.6 Å². The van der Waals surface area contributed by atoms with Gasteiger partial charge in [-0.1, -0.05) is 12.1 Å². The molecule has 0 radical (unpaired) electrons. The summed E-state index contributed by atoms with van der Waals surface area (Å²) in [5, 5.41) is 17.3. The second-order valence-corrected chi connectivity index (χ2v) is 5.71. The van der Waals surface area contributed by atoms with Crippen LogP contribution in [0, 0.1) is 3.57 Å². The molecule has 21 heavy (non-hydrogen) atoms. The number of carboxylic acids is 1. The molecule has 0 aliphatic heterocycles. The monoisotopic (exact) mass is 395 g/mol. The summed E-state index contributed by atoms with van der Waals surface area (Å²) in [6, 6.07) is 12.3. The van der Waals surface area contributed by atoms with Crippen molar-refractivity contribution in [2.45, 2.75) is 0 Å². The van der Waals surface area contributed by atoms with Crippen molar-refractivity contribution >= 4 is 45.6 Å². The maximum atomic E-state index is 11.1. The molecule has 0 saturated carbocycles.